The van der Waals surface area contributed by atoms with Gasteiger partial charge in [-0.2, -0.15) is 0 Å². The zero-order valence-electron chi connectivity index (χ0n) is 16.4. The molecule has 32 heavy (non-hydrogen) atoms. The fourth-order valence-corrected chi connectivity index (χ4v) is 4.15. The molecule has 3 aromatic carbocycles. The lowest BCUT2D eigenvalue weighted by atomic mass is 10.1. The number of rotatable bonds is 4. The molecule has 5 nitrogen and oxygen atoms in total. The van der Waals surface area contributed by atoms with Crippen molar-refractivity contribution in [3.05, 3.63) is 105 Å². The quantitative estimate of drug-likeness (QED) is 0.175. The van der Waals surface area contributed by atoms with Crippen molar-refractivity contribution >= 4 is 39.9 Å². The van der Waals surface area contributed by atoms with Crippen LogP contribution in [0.3, 0.4) is 0 Å². The van der Waals surface area contributed by atoms with Crippen molar-refractivity contribution in [1.82, 2.24) is 4.98 Å². The summed E-state index contributed by atoms with van der Waals surface area (Å²) < 4.78 is 10.9. The zero-order chi connectivity index (χ0) is 22.1. The molecule has 0 radical (unpaired) electrons. The molecule has 0 spiro atoms. The molecule has 0 saturated heterocycles. The summed E-state index contributed by atoms with van der Waals surface area (Å²) >= 11 is 7.23. The number of aromatic nitrogens is 1. The largest absolute Gasteiger partial charge is 0.423 e. The minimum absolute atomic E-state index is 0.272. The number of fused-ring (bicyclic) bond motifs is 1. The molecule has 0 aliphatic rings. The van der Waals surface area contributed by atoms with Crippen LogP contribution in [-0.4, -0.2) is 11.0 Å². The molecule has 0 fully saturated rings. The minimum atomic E-state index is -0.531. The first kappa shape index (κ1) is 20.2. The van der Waals surface area contributed by atoms with Gasteiger partial charge in [0.1, 0.15) is 16.3 Å². The van der Waals surface area contributed by atoms with E-state index < -0.39 is 11.6 Å². The topological polar surface area (TPSA) is 69.4 Å². The van der Waals surface area contributed by atoms with Crippen LogP contribution in [-0.2, 0) is 0 Å². The number of nitrogens with zero attached hydrogens (tertiary/aromatic N) is 1. The summed E-state index contributed by atoms with van der Waals surface area (Å²) in [6.45, 7) is 0. The molecule has 7 heteroatoms. The number of ether oxygens (including phenoxy) is 1. The molecule has 0 atom stereocenters. The van der Waals surface area contributed by atoms with Gasteiger partial charge in [0.25, 0.3) is 0 Å². The van der Waals surface area contributed by atoms with Gasteiger partial charge in [0.05, 0.1) is 16.8 Å². The predicted molar refractivity (Wildman–Crippen MR) is 125 cm³/mol. The van der Waals surface area contributed by atoms with E-state index in [2.05, 4.69) is 4.98 Å². The van der Waals surface area contributed by atoms with Crippen LogP contribution in [0.1, 0.15) is 10.4 Å². The van der Waals surface area contributed by atoms with Crippen LogP contribution in [0.5, 0.6) is 5.75 Å². The fourth-order valence-electron chi connectivity index (χ4n) is 3.20. The molecule has 0 amide bonds. The highest BCUT2D eigenvalue weighted by molar-refractivity contribution is 7.13. The van der Waals surface area contributed by atoms with Crippen LogP contribution >= 0.6 is 22.9 Å². The van der Waals surface area contributed by atoms with Gasteiger partial charge >= 0.3 is 11.6 Å². The molecule has 2 aromatic heterocycles. The zero-order valence-corrected chi connectivity index (χ0v) is 18.0. The molecule has 0 aliphatic heterocycles. The molecule has 0 N–H and O–H groups in total. The summed E-state index contributed by atoms with van der Waals surface area (Å²) in [7, 11) is 0. The van der Waals surface area contributed by atoms with E-state index in [1.54, 1.807) is 42.5 Å². The van der Waals surface area contributed by atoms with Crippen molar-refractivity contribution in [1.29, 1.82) is 0 Å². The highest BCUT2D eigenvalue weighted by Crippen LogP contribution is 2.30. The lowest BCUT2D eigenvalue weighted by Crippen LogP contribution is -2.08. The van der Waals surface area contributed by atoms with Gasteiger partial charge in [-0.25, -0.2) is 14.6 Å². The standard InChI is InChI=1S/C25H14ClNO4S/c26-18-9-6-16(7-10-18)24(28)30-19-11-8-17-12-20(25(29)31-22(17)13-19)23-27-21(14-32-23)15-4-2-1-3-5-15/h1-14H. The number of hydrogen-bond acceptors (Lipinski definition) is 6. The summed E-state index contributed by atoms with van der Waals surface area (Å²) in [6.07, 6.45) is 0. The van der Waals surface area contributed by atoms with E-state index >= 15 is 0 Å². The highest BCUT2D eigenvalue weighted by atomic mass is 35.5. The molecule has 156 valence electrons. The molecule has 0 saturated carbocycles. The first-order valence-corrected chi connectivity index (χ1v) is 10.9. The number of thiazole rings is 1. The molecule has 5 rings (SSSR count). The van der Waals surface area contributed by atoms with Crippen LogP contribution in [0.4, 0.5) is 0 Å². The Morgan fingerprint density at radius 3 is 2.53 bits per heavy atom. The van der Waals surface area contributed by atoms with Crippen molar-refractivity contribution in [2.75, 3.05) is 0 Å². The van der Waals surface area contributed by atoms with Gasteiger partial charge in [0, 0.05) is 27.4 Å². The monoisotopic (exact) mass is 459 g/mol. The number of carbonyl (C=O) groups excluding carboxylic acids is 1. The third-order valence-electron chi connectivity index (χ3n) is 4.80. The Morgan fingerprint density at radius 2 is 1.75 bits per heavy atom. The maximum atomic E-state index is 12.6. The first-order chi connectivity index (χ1) is 15.6. The Balaban J connectivity index is 1.44. The van der Waals surface area contributed by atoms with Crippen molar-refractivity contribution in [2.24, 2.45) is 0 Å². The first-order valence-electron chi connectivity index (χ1n) is 9.64. The Hall–Kier alpha value is -3.74. The summed E-state index contributed by atoms with van der Waals surface area (Å²) in [5.41, 5.74) is 2.34. The van der Waals surface area contributed by atoms with E-state index in [-0.39, 0.29) is 5.75 Å². The fraction of sp³-hybridized carbons (Fsp3) is 0. The lowest BCUT2D eigenvalue weighted by molar-refractivity contribution is 0.0735. The van der Waals surface area contributed by atoms with Gasteiger partial charge in [0.15, 0.2) is 0 Å². The van der Waals surface area contributed by atoms with Crippen molar-refractivity contribution < 1.29 is 13.9 Å². The Bertz CT molecular complexity index is 1490. The minimum Gasteiger partial charge on any atom is -0.423 e. The third-order valence-corrected chi connectivity index (χ3v) is 5.93. The normalized spacial score (nSPS) is 10.9. The van der Waals surface area contributed by atoms with Crippen LogP contribution < -0.4 is 10.4 Å². The lowest BCUT2D eigenvalue weighted by Gasteiger charge is -2.06. The molecule has 0 bridgehead atoms. The van der Waals surface area contributed by atoms with Crippen LogP contribution in [0.25, 0.3) is 32.8 Å². The van der Waals surface area contributed by atoms with Gasteiger partial charge in [-0.05, 0) is 42.5 Å². The Labute approximate surface area is 191 Å². The van der Waals surface area contributed by atoms with Crippen LogP contribution in [0.2, 0.25) is 5.02 Å². The number of benzene rings is 3. The molecular formula is C25H14ClNO4S. The van der Waals surface area contributed by atoms with Crippen molar-refractivity contribution in [3.63, 3.8) is 0 Å². The summed E-state index contributed by atoms with van der Waals surface area (Å²) in [4.78, 5) is 29.6. The summed E-state index contributed by atoms with van der Waals surface area (Å²) in [5, 5.41) is 3.72. The number of hydrogen-bond donors (Lipinski definition) is 0. The van der Waals surface area contributed by atoms with Crippen LogP contribution in [0.15, 0.2) is 93.5 Å². The third kappa shape index (κ3) is 4.06. The van der Waals surface area contributed by atoms with E-state index in [0.717, 1.165) is 11.3 Å². The SMILES string of the molecule is O=C(Oc1ccc2cc(-c3nc(-c4ccccc4)cs3)c(=O)oc2c1)c1ccc(Cl)cc1. The van der Waals surface area contributed by atoms with Crippen LogP contribution in [0, 0.1) is 0 Å². The van der Waals surface area contributed by atoms with E-state index in [4.69, 9.17) is 20.8 Å². The second-order valence-corrected chi connectivity index (χ2v) is 8.24. The van der Waals surface area contributed by atoms with Gasteiger partial charge in [-0.15, -0.1) is 11.3 Å². The van der Waals surface area contributed by atoms with Gasteiger partial charge < -0.3 is 9.15 Å². The average molecular weight is 460 g/mol. The Kier molecular flexibility index (Phi) is 5.31. The molecule has 0 aliphatic carbocycles. The number of halogens is 1. The van der Waals surface area contributed by atoms with Crippen molar-refractivity contribution in [3.8, 4) is 27.6 Å². The van der Waals surface area contributed by atoms with Crippen molar-refractivity contribution in [2.45, 2.75) is 0 Å². The maximum Gasteiger partial charge on any atom is 0.346 e. The van der Waals surface area contributed by atoms with Gasteiger partial charge in [-0.3, -0.25) is 0 Å². The van der Waals surface area contributed by atoms with E-state index in [1.165, 1.54) is 17.4 Å². The maximum absolute atomic E-state index is 12.6. The average Bonchev–Trinajstić information content (AvgIpc) is 3.29. The smallest absolute Gasteiger partial charge is 0.346 e. The summed E-state index contributed by atoms with van der Waals surface area (Å²) in [6, 6.07) is 22.8. The predicted octanol–water partition coefficient (Wildman–Crippen LogP) is 6.46. The number of esters is 1. The molecular weight excluding hydrogens is 446 g/mol. The highest BCUT2D eigenvalue weighted by Gasteiger charge is 2.14. The molecule has 2 heterocycles. The van der Waals surface area contributed by atoms with E-state index in [0.29, 0.717) is 32.1 Å². The van der Waals surface area contributed by atoms with E-state index in [1.807, 2.05) is 35.7 Å². The van der Waals surface area contributed by atoms with Gasteiger partial charge in [0.2, 0.25) is 0 Å². The molecule has 5 aromatic rings. The van der Waals surface area contributed by atoms with Gasteiger partial charge in [-0.1, -0.05) is 41.9 Å². The second-order valence-electron chi connectivity index (χ2n) is 6.95. The second kappa shape index (κ2) is 8.42. The number of carbonyl (C=O) groups is 1. The molecule has 0 unspecified atom stereocenters. The Morgan fingerprint density at radius 1 is 0.969 bits per heavy atom. The van der Waals surface area contributed by atoms with E-state index in [9.17, 15) is 9.59 Å². The summed E-state index contributed by atoms with van der Waals surface area (Å²) in [5.74, 6) is -0.259.